The van der Waals surface area contributed by atoms with Gasteiger partial charge in [-0.15, -0.1) is 0 Å². The molecule has 0 amide bonds. The third-order valence-electron chi connectivity index (χ3n) is 10.8. The lowest BCUT2D eigenvalue weighted by molar-refractivity contribution is 0.831. The molecule has 0 radical (unpaired) electrons. The van der Waals surface area contributed by atoms with Gasteiger partial charge in [0.1, 0.15) is 6.17 Å². The van der Waals surface area contributed by atoms with Crippen molar-refractivity contribution >= 4 is 33.5 Å². The summed E-state index contributed by atoms with van der Waals surface area (Å²) in [5.74, 6) is 0. The Hall–Kier alpha value is -7.17. The number of rotatable bonds is 9. The van der Waals surface area contributed by atoms with E-state index in [2.05, 4.69) is 167 Å². The van der Waals surface area contributed by atoms with Gasteiger partial charge in [0.05, 0.1) is 22.8 Å². The Kier molecular flexibility index (Phi) is 9.91. The summed E-state index contributed by atoms with van der Waals surface area (Å²) in [6.45, 7) is 5.96. The molecule has 1 aromatic heterocycles. The summed E-state index contributed by atoms with van der Waals surface area (Å²) in [5, 5.41) is 6.28. The van der Waals surface area contributed by atoms with Crippen LogP contribution in [0.25, 0.3) is 49.9 Å². The molecule has 0 bridgehead atoms. The third kappa shape index (κ3) is 7.33. The van der Waals surface area contributed by atoms with E-state index in [4.69, 9.17) is 4.99 Å². The maximum atomic E-state index is 5.55. The average Bonchev–Trinajstić information content (AvgIpc) is 3.29. The maximum absolute atomic E-state index is 5.55. The first-order valence-electron chi connectivity index (χ1n) is 19.6. The zero-order chi connectivity index (χ0) is 38.6. The summed E-state index contributed by atoms with van der Waals surface area (Å²) in [4.78, 5) is 14.7. The minimum absolute atomic E-state index is 0.338. The number of allylic oxidation sites excluding steroid dienone is 6. The molecule has 7 aromatic rings. The fourth-order valence-electron chi connectivity index (χ4n) is 7.81. The van der Waals surface area contributed by atoms with E-state index in [0.29, 0.717) is 0 Å². The molecule has 2 heterocycles. The molecule has 6 aromatic carbocycles. The Morgan fingerprint density at radius 3 is 2.12 bits per heavy atom. The number of hydrogen-bond donors (Lipinski definition) is 1. The van der Waals surface area contributed by atoms with E-state index >= 15 is 0 Å². The van der Waals surface area contributed by atoms with Crippen LogP contribution in [-0.4, -0.2) is 16.4 Å². The first-order chi connectivity index (χ1) is 28.1. The van der Waals surface area contributed by atoms with E-state index in [9.17, 15) is 0 Å². The molecule has 1 aliphatic heterocycles. The van der Waals surface area contributed by atoms with Crippen molar-refractivity contribution in [2.24, 2.45) is 9.98 Å². The molecule has 57 heavy (non-hydrogen) atoms. The van der Waals surface area contributed by atoms with Crippen molar-refractivity contribution in [3.05, 3.63) is 223 Å². The topological polar surface area (TPSA) is 49.6 Å². The maximum Gasteiger partial charge on any atom is 0.145 e. The van der Waals surface area contributed by atoms with Gasteiger partial charge in [0.25, 0.3) is 0 Å². The summed E-state index contributed by atoms with van der Waals surface area (Å²) < 4.78 is 0. The van der Waals surface area contributed by atoms with Gasteiger partial charge < -0.3 is 5.32 Å². The molecule has 274 valence electrons. The quantitative estimate of drug-likeness (QED) is 0.150. The molecule has 1 unspecified atom stereocenters. The first kappa shape index (κ1) is 35.5. The first-order valence-corrected chi connectivity index (χ1v) is 19.6. The minimum atomic E-state index is -0.338. The lowest BCUT2D eigenvalue weighted by atomic mass is 9.90. The summed E-state index contributed by atoms with van der Waals surface area (Å²) in [6.07, 6.45) is 15.8. The Bertz CT molecular complexity index is 2750. The van der Waals surface area contributed by atoms with Gasteiger partial charge in [0.2, 0.25) is 0 Å². The van der Waals surface area contributed by atoms with Crippen molar-refractivity contribution in [1.82, 2.24) is 4.98 Å². The van der Waals surface area contributed by atoms with Gasteiger partial charge in [-0.1, -0.05) is 146 Å². The molecule has 4 nitrogen and oxygen atoms in total. The molecule has 0 spiro atoms. The zero-order valence-corrected chi connectivity index (χ0v) is 31.9. The largest absolute Gasteiger partial charge is 0.359 e. The molecular weight excluding hydrogens is 693 g/mol. The predicted molar refractivity (Wildman–Crippen MR) is 241 cm³/mol. The van der Waals surface area contributed by atoms with E-state index in [0.717, 1.165) is 85.7 Å². The number of aromatic nitrogens is 1. The van der Waals surface area contributed by atoms with Gasteiger partial charge in [0, 0.05) is 40.0 Å². The van der Waals surface area contributed by atoms with Crippen LogP contribution in [0.1, 0.15) is 53.7 Å². The van der Waals surface area contributed by atoms with Gasteiger partial charge >= 0.3 is 0 Å². The number of nitrogens with one attached hydrogen (secondary N) is 1. The Labute approximate surface area is 334 Å². The molecule has 2 aliphatic rings. The van der Waals surface area contributed by atoms with Gasteiger partial charge in [0.15, 0.2) is 0 Å². The second-order valence-electron chi connectivity index (χ2n) is 14.4. The molecule has 0 saturated heterocycles. The summed E-state index contributed by atoms with van der Waals surface area (Å²) >= 11 is 0. The van der Waals surface area contributed by atoms with E-state index in [-0.39, 0.29) is 6.17 Å². The normalized spacial score (nSPS) is 15.2. The second-order valence-corrected chi connectivity index (χ2v) is 14.4. The van der Waals surface area contributed by atoms with E-state index in [1.165, 1.54) is 21.9 Å². The van der Waals surface area contributed by atoms with Crippen LogP contribution in [0, 0.1) is 0 Å². The van der Waals surface area contributed by atoms with Crippen molar-refractivity contribution in [2.75, 3.05) is 5.32 Å². The fraction of sp³-hybridized carbons (Fsp3) is 0.0755. The monoisotopic (exact) mass is 734 g/mol. The second kappa shape index (κ2) is 15.9. The van der Waals surface area contributed by atoms with Gasteiger partial charge in [-0.25, -0.2) is 0 Å². The predicted octanol–water partition coefficient (Wildman–Crippen LogP) is 13.4. The Morgan fingerprint density at radius 1 is 0.719 bits per heavy atom. The Balaban J connectivity index is 1.18. The van der Waals surface area contributed by atoms with Crippen LogP contribution in [0.3, 0.4) is 0 Å². The number of pyridine rings is 1. The highest BCUT2D eigenvalue weighted by Gasteiger charge is 2.25. The highest BCUT2D eigenvalue weighted by atomic mass is 15.1. The van der Waals surface area contributed by atoms with Crippen molar-refractivity contribution < 1.29 is 0 Å². The van der Waals surface area contributed by atoms with Crippen molar-refractivity contribution in [2.45, 2.75) is 25.9 Å². The van der Waals surface area contributed by atoms with Crippen molar-refractivity contribution in [1.29, 1.82) is 0 Å². The molecule has 1 atom stereocenters. The highest BCUT2D eigenvalue weighted by molar-refractivity contribution is 6.20. The van der Waals surface area contributed by atoms with E-state index in [1.807, 2.05) is 37.4 Å². The number of hydrogen-bond acceptors (Lipinski definition) is 4. The van der Waals surface area contributed by atoms with E-state index in [1.54, 1.807) is 12.3 Å². The number of fused-ring (bicyclic) bond motifs is 3. The van der Waals surface area contributed by atoms with Crippen LogP contribution in [0.5, 0.6) is 0 Å². The lowest BCUT2D eigenvalue weighted by Gasteiger charge is -2.28. The average molecular weight is 735 g/mol. The standard InChI is InChI=1S/C53H42N4/c1-3-31-54-49(4-2)41-23-17-38(18-24-41)44-33-45(39-19-25-42(26-20-39)50-16-10-11-32-55-50)35-46(34-44)53-56-51(43-27-21-37(22-28-43)36-12-6-5-7-13-36)48-30-29-40-14-8-9-15-47(40)52(48)57-53/h3-6,8-12,14-35,53,57H,2,7,13H2,1H3/b31-3-,54-49+. The minimum Gasteiger partial charge on any atom is -0.359 e. The SMILES string of the molecule is C=C/C(=N\C=C/C)c1ccc(-c2cc(-c3ccc(-c4ccccn4)cc3)cc(C3N=C(c4ccc(C5=CC=CCC5)cc4)c4ccc5ccccc5c4N3)c2)cc1. The molecule has 1 N–H and O–H groups in total. The van der Waals surface area contributed by atoms with Crippen LogP contribution in [0.4, 0.5) is 5.69 Å². The number of benzene rings is 6. The van der Waals surface area contributed by atoms with E-state index < -0.39 is 0 Å². The molecule has 0 saturated carbocycles. The molecule has 0 fully saturated rings. The smallest absolute Gasteiger partial charge is 0.145 e. The van der Waals surface area contributed by atoms with Crippen LogP contribution in [-0.2, 0) is 0 Å². The van der Waals surface area contributed by atoms with Crippen LogP contribution in [0.2, 0.25) is 0 Å². The lowest BCUT2D eigenvalue weighted by Crippen LogP contribution is -2.21. The molecular formula is C53H42N4. The summed E-state index contributed by atoms with van der Waals surface area (Å²) in [5.41, 5.74) is 16.3. The number of anilines is 1. The summed E-state index contributed by atoms with van der Waals surface area (Å²) in [7, 11) is 0. The number of aliphatic imine (C=N–C) groups is 2. The molecule has 9 rings (SSSR count). The van der Waals surface area contributed by atoms with Gasteiger partial charge in [-0.05, 0) is 101 Å². The van der Waals surface area contributed by atoms with Crippen LogP contribution >= 0.6 is 0 Å². The number of nitrogens with zero attached hydrogens (tertiary/aromatic N) is 3. The highest BCUT2D eigenvalue weighted by Crippen LogP contribution is 2.40. The molecule has 1 aliphatic carbocycles. The summed E-state index contributed by atoms with van der Waals surface area (Å²) in [6, 6.07) is 52.1. The van der Waals surface area contributed by atoms with Crippen LogP contribution < -0.4 is 5.32 Å². The zero-order valence-electron chi connectivity index (χ0n) is 31.9. The van der Waals surface area contributed by atoms with Crippen molar-refractivity contribution in [3.63, 3.8) is 0 Å². The van der Waals surface area contributed by atoms with Crippen molar-refractivity contribution in [3.8, 4) is 33.5 Å². The molecule has 4 heteroatoms. The Morgan fingerprint density at radius 2 is 1.42 bits per heavy atom. The third-order valence-corrected chi connectivity index (χ3v) is 10.8. The van der Waals surface area contributed by atoms with Crippen LogP contribution in [0.15, 0.2) is 205 Å². The van der Waals surface area contributed by atoms with Gasteiger partial charge in [-0.2, -0.15) is 0 Å². The fourth-order valence-corrected chi connectivity index (χ4v) is 7.81. The van der Waals surface area contributed by atoms with Gasteiger partial charge in [-0.3, -0.25) is 15.0 Å².